The van der Waals surface area contributed by atoms with Crippen molar-refractivity contribution in [1.29, 1.82) is 0 Å². The van der Waals surface area contributed by atoms with Gasteiger partial charge in [0.2, 0.25) is 0 Å². The summed E-state index contributed by atoms with van der Waals surface area (Å²) in [6.45, 7) is 14.4. The Morgan fingerprint density at radius 2 is 1.77 bits per heavy atom. The van der Waals surface area contributed by atoms with Crippen molar-refractivity contribution >= 4 is 0 Å². The summed E-state index contributed by atoms with van der Waals surface area (Å²) in [5.41, 5.74) is 5.14. The molecule has 1 N–H and O–H groups in total. The maximum atomic E-state index is 10.1. The van der Waals surface area contributed by atoms with E-state index in [1.807, 2.05) is 0 Å². The zero-order chi connectivity index (χ0) is 22.1. The number of aliphatic hydroxyl groups is 1. The highest BCUT2D eigenvalue weighted by molar-refractivity contribution is 5.23. The molecule has 1 saturated carbocycles. The Morgan fingerprint density at radius 1 is 1.10 bits per heavy atom. The van der Waals surface area contributed by atoms with Crippen LogP contribution in [0.25, 0.3) is 0 Å². The van der Waals surface area contributed by atoms with E-state index in [2.05, 4.69) is 47.6 Å². The van der Waals surface area contributed by atoms with Crippen LogP contribution in [0.4, 0.5) is 0 Å². The number of allylic oxidation sites excluding steroid dienone is 3. The summed E-state index contributed by atoms with van der Waals surface area (Å²) in [4.78, 5) is 0. The minimum absolute atomic E-state index is 0.260. The monoisotopic (exact) mass is 416 g/mol. The van der Waals surface area contributed by atoms with Gasteiger partial charge >= 0.3 is 0 Å². The van der Waals surface area contributed by atoms with Crippen molar-refractivity contribution in [3.8, 4) is 0 Å². The third-order valence-corrected chi connectivity index (χ3v) is 7.92. The molecule has 0 aromatic heterocycles. The average molecular weight is 417 g/mol. The molecule has 0 aromatic carbocycles. The Bertz CT molecular complexity index is 555. The lowest BCUT2D eigenvalue weighted by atomic mass is 9.70. The van der Waals surface area contributed by atoms with Crippen LogP contribution in [0.5, 0.6) is 0 Å². The molecule has 1 nitrogen and oxygen atoms in total. The fourth-order valence-electron chi connectivity index (χ4n) is 5.93. The van der Waals surface area contributed by atoms with Crippen molar-refractivity contribution in [2.24, 2.45) is 29.1 Å². The molecule has 2 aliphatic rings. The van der Waals surface area contributed by atoms with Gasteiger partial charge in [0.25, 0.3) is 0 Å². The Morgan fingerprint density at radius 3 is 2.33 bits per heavy atom. The molecule has 0 saturated heterocycles. The van der Waals surface area contributed by atoms with Gasteiger partial charge < -0.3 is 5.11 Å². The minimum atomic E-state index is 0.260. The van der Waals surface area contributed by atoms with Crippen LogP contribution in [-0.2, 0) is 0 Å². The quantitative estimate of drug-likeness (QED) is 0.315. The smallest absolute Gasteiger partial charge is 0.0644 e. The van der Waals surface area contributed by atoms with Crippen molar-refractivity contribution in [1.82, 2.24) is 0 Å². The predicted molar refractivity (Wildman–Crippen MR) is 133 cm³/mol. The Hall–Kier alpha value is -0.560. The molecule has 30 heavy (non-hydrogen) atoms. The van der Waals surface area contributed by atoms with Crippen molar-refractivity contribution in [3.05, 3.63) is 22.8 Å². The van der Waals surface area contributed by atoms with Crippen LogP contribution in [0.15, 0.2) is 22.8 Å². The van der Waals surface area contributed by atoms with E-state index in [-0.39, 0.29) is 6.61 Å². The van der Waals surface area contributed by atoms with Gasteiger partial charge in [0.15, 0.2) is 0 Å². The number of aliphatic hydroxyl groups excluding tert-OH is 1. The highest BCUT2D eigenvalue weighted by Gasteiger charge is 2.28. The lowest BCUT2D eigenvalue weighted by Crippen LogP contribution is -2.21. The summed E-state index contributed by atoms with van der Waals surface area (Å²) in [6.07, 6.45) is 19.9. The molecule has 0 spiro atoms. The van der Waals surface area contributed by atoms with Gasteiger partial charge in [-0.2, -0.15) is 0 Å². The second-order valence-corrected chi connectivity index (χ2v) is 11.9. The van der Waals surface area contributed by atoms with Crippen LogP contribution in [-0.4, -0.2) is 11.7 Å². The van der Waals surface area contributed by atoms with Crippen LogP contribution in [0, 0.1) is 29.1 Å². The molecule has 1 heteroatoms. The fourth-order valence-corrected chi connectivity index (χ4v) is 5.93. The zero-order valence-corrected chi connectivity index (χ0v) is 21.2. The molecule has 0 heterocycles. The Balaban J connectivity index is 1.82. The van der Waals surface area contributed by atoms with Gasteiger partial charge in [-0.1, -0.05) is 90.9 Å². The third kappa shape index (κ3) is 8.52. The van der Waals surface area contributed by atoms with E-state index >= 15 is 0 Å². The summed E-state index contributed by atoms with van der Waals surface area (Å²) in [5, 5.41) is 10.1. The van der Waals surface area contributed by atoms with E-state index in [0.717, 1.165) is 30.6 Å². The second kappa shape index (κ2) is 12.5. The molecule has 174 valence electrons. The van der Waals surface area contributed by atoms with E-state index in [4.69, 9.17) is 0 Å². The van der Waals surface area contributed by atoms with Gasteiger partial charge in [-0.3, -0.25) is 0 Å². The molecular formula is C29H52O. The number of rotatable bonds is 12. The molecule has 1 fully saturated rings. The SMILES string of the molecule is CC/C(=C(\CO)CCC(C)CCCC(C)(C)C)C(C)CC1C=C(C2CCCCC2)C1. The number of hydrogen-bond acceptors (Lipinski definition) is 1. The van der Waals surface area contributed by atoms with Crippen molar-refractivity contribution in [2.75, 3.05) is 6.61 Å². The summed E-state index contributed by atoms with van der Waals surface area (Å²) in [6, 6.07) is 0. The van der Waals surface area contributed by atoms with Crippen LogP contribution in [0.3, 0.4) is 0 Å². The van der Waals surface area contributed by atoms with Crippen LogP contribution in [0.2, 0.25) is 0 Å². The van der Waals surface area contributed by atoms with Crippen LogP contribution < -0.4 is 0 Å². The van der Waals surface area contributed by atoms with Crippen LogP contribution in [0.1, 0.15) is 125 Å². The van der Waals surface area contributed by atoms with Gasteiger partial charge in [-0.05, 0) is 86.0 Å². The van der Waals surface area contributed by atoms with Crippen LogP contribution >= 0.6 is 0 Å². The first kappa shape index (κ1) is 25.7. The molecule has 2 aliphatic carbocycles. The maximum absolute atomic E-state index is 10.1. The third-order valence-electron chi connectivity index (χ3n) is 7.92. The molecule has 0 bridgehead atoms. The highest BCUT2D eigenvalue weighted by Crippen LogP contribution is 2.42. The summed E-state index contributed by atoms with van der Waals surface area (Å²) in [5.74, 6) is 3.08. The van der Waals surface area contributed by atoms with Gasteiger partial charge in [0, 0.05) is 0 Å². The predicted octanol–water partition coefficient (Wildman–Crippen LogP) is 8.87. The maximum Gasteiger partial charge on any atom is 0.0644 e. The lowest BCUT2D eigenvalue weighted by molar-refractivity contribution is 0.311. The van der Waals surface area contributed by atoms with E-state index in [0.29, 0.717) is 11.3 Å². The van der Waals surface area contributed by atoms with Gasteiger partial charge in [0.05, 0.1) is 6.61 Å². The molecule has 3 atom stereocenters. The topological polar surface area (TPSA) is 20.2 Å². The lowest BCUT2D eigenvalue weighted by Gasteiger charge is -2.35. The summed E-state index contributed by atoms with van der Waals surface area (Å²) < 4.78 is 0. The van der Waals surface area contributed by atoms with Gasteiger partial charge in [0.1, 0.15) is 0 Å². The molecule has 0 radical (unpaired) electrons. The standard InChI is InChI=1S/C29H52O/c1-7-28(26(21-30)16-15-22(2)12-11-17-29(4,5)6)23(3)18-24-19-27(20-24)25-13-9-8-10-14-25/h19,22-25,30H,7-18,20-21H2,1-6H3/b28-26+. The first-order chi connectivity index (χ1) is 14.2. The zero-order valence-electron chi connectivity index (χ0n) is 21.2. The van der Waals surface area contributed by atoms with E-state index in [1.54, 1.807) is 11.1 Å². The Kier molecular flexibility index (Phi) is 10.7. The second-order valence-electron chi connectivity index (χ2n) is 11.9. The molecule has 3 unspecified atom stereocenters. The fraction of sp³-hybridized carbons (Fsp3) is 0.862. The Labute approximate surface area is 188 Å². The molecule has 0 aromatic rings. The summed E-state index contributed by atoms with van der Waals surface area (Å²) >= 11 is 0. The minimum Gasteiger partial charge on any atom is -0.392 e. The van der Waals surface area contributed by atoms with Crippen molar-refractivity contribution in [3.63, 3.8) is 0 Å². The number of hydrogen-bond donors (Lipinski definition) is 1. The van der Waals surface area contributed by atoms with Crippen molar-refractivity contribution < 1.29 is 5.11 Å². The highest BCUT2D eigenvalue weighted by atomic mass is 16.3. The van der Waals surface area contributed by atoms with Crippen molar-refractivity contribution in [2.45, 2.75) is 125 Å². The van der Waals surface area contributed by atoms with Gasteiger partial charge in [-0.15, -0.1) is 0 Å². The molecule has 0 aliphatic heterocycles. The van der Waals surface area contributed by atoms with E-state index in [9.17, 15) is 5.11 Å². The largest absolute Gasteiger partial charge is 0.392 e. The first-order valence-electron chi connectivity index (χ1n) is 13.3. The van der Waals surface area contributed by atoms with E-state index < -0.39 is 0 Å². The molecular weight excluding hydrogens is 364 g/mol. The first-order valence-corrected chi connectivity index (χ1v) is 13.3. The average Bonchev–Trinajstić information content (AvgIpc) is 2.67. The van der Waals surface area contributed by atoms with E-state index in [1.165, 1.54) is 76.2 Å². The normalized spacial score (nSPS) is 23.4. The molecule has 2 rings (SSSR count). The molecule has 0 amide bonds. The summed E-state index contributed by atoms with van der Waals surface area (Å²) in [7, 11) is 0. The van der Waals surface area contributed by atoms with Gasteiger partial charge in [-0.25, -0.2) is 0 Å².